The summed E-state index contributed by atoms with van der Waals surface area (Å²) in [4.78, 5) is 21.6. The second-order valence-corrected chi connectivity index (χ2v) is 7.48. The molecule has 0 bridgehead atoms. The van der Waals surface area contributed by atoms with Crippen LogP contribution in [0.2, 0.25) is 0 Å². The molecular weight excluding hydrogens is 319 g/mol. The third-order valence-corrected chi connectivity index (χ3v) is 4.66. The van der Waals surface area contributed by atoms with Gasteiger partial charge in [-0.15, -0.1) is 0 Å². The standard InChI is InChI=1S/C18H32Cl2O2/c1-15(2)16(14-18(20)22)12-10-8-6-4-3-5-7-9-11-13-17(19)21/h15-16H,3-14H2,1-2H3. The van der Waals surface area contributed by atoms with Crippen LogP contribution in [0.1, 0.15) is 90.9 Å². The number of carbonyl (C=O) groups is 2. The van der Waals surface area contributed by atoms with Crippen LogP contribution >= 0.6 is 23.2 Å². The van der Waals surface area contributed by atoms with E-state index < -0.39 is 0 Å². The summed E-state index contributed by atoms with van der Waals surface area (Å²) in [6, 6.07) is 0. The van der Waals surface area contributed by atoms with E-state index in [9.17, 15) is 9.59 Å². The SMILES string of the molecule is CC(C)C(CCCCCCCCCCCC(=O)Cl)CC(=O)Cl. The summed E-state index contributed by atoms with van der Waals surface area (Å²) in [5, 5.41) is -0.412. The van der Waals surface area contributed by atoms with Crippen molar-refractivity contribution < 1.29 is 9.59 Å². The van der Waals surface area contributed by atoms with Gasteiger partial charge in [-0.3, -0.25) is 9.59 Å². The van der Waals surface area contributed by atoms with E-state index in [1.54, 1.807) is 0 Å². The van der Waals surface area contributed by atoms with Crippen LogP contribution in [0.25, 0.3) is 0 Å². The molecule has 0 aromatic rings. The number of halogens is 2. The quantitative estimate of drug-likeness (QED) is 0.250. The maximum Gasteiger partial charge on any atom is 0.221 e. The lowest BCUT2D eigenvalue weighted by molar-refractivity contribution is -0.113. The van der Waals surface area contributed by atoms with E-state index in [-0.39, 0.29) is 10.5 Å². The molecule has 0 spiro atoms. The topological polar surface area (TPSA) is 34.1 Å². The zero-order chi connectivity index (χ0) is 16.8. The van der Waals surface area contributed by atoms with Crippen molar-refractivity contribution in [2.45, 2.75) is 90.9 Å². The van der Waals surface area contributed by atoms with Gasteiger partial charge in [-0.1, -0.05) is 65.2 Å². The number of hydrogen-bond donors (Lipinski definition) is 0. The van der Waals surface area contributed by atoms with Crippen LogP contribution in [-0.4, -0.2) is 10.5 Å². The van der Waals surface area contributed by atoms with Crippen LogP contribution < -0.4 is 0 Å². The van der Waals surface area contributed by atoms with Crippen molar-refractivity contribution in [1.82, 2.24) is 0 Å². The predicted molar refractivity (Wildman–Crippen MR) is 95.5 cm³/mol. The first-order chi connectivity index (χ1) is 10.4. The molecule has 1 unspecified atom stereocenters. The molecule has 0 aliphatic carbocycles. The van der Waals surface area contributed by atoms with Crippen LogP contribution in [0.5, 0.6) is 0 Å². The highest BCUT2D eigenvalue weighted by Crippen LogP contribution is 2.23. The zero-order valence-electron chi connectivity index (χ0n) is 14.2. The first-order valence-corrected chi connectivity index (χ1v) is 9.55. The minimum absolute atomic E-state index is 0.199. The van der Waals surface area contributed by atoms with E-state index >= 15 is 0 Å². The molecule has 0 aliphatic heterocycles. The molecule has 0 radical (unpaired) electrons. The van der Waals surface area contributed by atoms with Gasteiger partial charge in [-0.05, 0) is 47.9 Å². The Morgan fingerprint density at radius 3 is 1.59 bits per heavy atom. The summed E-state index contributed by atoms with van der Waals surface area (Å²) in [5.41, 5.74) is 0. The van der Waals surface area contributed by atoms with Gasteiger partial charge in [0.25, 0.3) is 0 Å². The molecule has 0 N–H and O–H groups in total. The Hall–Kier alpha value is -0.0800. The van der Waals surface area contributed by atoms with Crippen molar-refractivity contribution in [3.63, 3.8) is 0 Å². The van der Waals surface area contributed by atoms with Gasteiger partial charge in [0.2, 0.25) is 10.5 Å². The third kappa shape index (κ3) is 14.8. The normalized spacial score (nSPS) is 12.6. The van der Waals surface area contributed by atoms with E-state index in [0.29, 0.717) is 24.7 Å². The molecule has 0 fully saturated rings. The first kappa shape index (κ1) is 21.9. The van der Waals surface area contributed by atoms with Gasteiger partial charge in [0.15, 0.2) is 0 Å². The summed E-state index contributed by atoms with van der Waals surface area (Å²) in [6.45, 7) is 4.34. The molecule has 0 aliphatic rings. The van der Waals surface area contributed by atoms with Crippen LogP contribution in [0.4, 0.5) is 0 Å². The molecule has 22 heavy (non-hydrogen) atoms. The molecule has 0 saturated carbocycles. The number of rotatable bonds is 15. The monoisotopic (exact) mass is 350 g/mol. The summed E-state index contributed by atoms with van der Waals surface area (Å²) < 4.78 is 0. The molecule has 0 amide bonds. The molecule has 0 aromatic heterocycles. The molecular formula is C18H32Cl2O2. The van der Waals surface area contributed by atoms with Crippen molar-refractivity contribution >= 4 is 33.7 Å². The third-order valence-electron chi connectivity index (χ3n) is 4.31. The maximum absolute atomic E-state index is 11.0. The number of unbranched alkanes of at least 4 members (excludes halogenated alkanes) is 8. The summed E-state index contributed by atoms with van der Waals surface area (Å²) in [6.07, 6.45) is 12.9. The fourth-order valence-electron chi connectivity index (χ4n) is 2.79. The van der Waals surface area contributed by atoms with Gasteiger partial charge >= 0.3 is 0 Å². The summed E-state index contributed by atoms with van der Waals surface area (Å²) in [7, 11) is 0. The van der Waals surface area contributed by atoms with Gasteiger partial charge in [-0.25, -0.2) is 0 Å². The second-order valence-electron chi connectivity index (χ2n) is 6.64. The molecule has 4 heteroatoms. The zero-order valence-corrected chi connectivity index (χ0v) is 15.7. The molecule has 2 nitrogen and oxygen atoms in total. The first-order valence-electron chi connectivity index (χ1n) is 8.80. The molecule has 0 rings (SSSR count). The Balaban J connectivity index is 3.38. The Kier molecular flexibility index (Phi) is 14.5. The van der Waals surface area contributed by atoms with Crippen LogP contribution in [-0.2, 0) is 9.59 Å². The van der Waals surface area contributed by atoms with E-state index in [0.717, 1.165) is 19.3 Å². The van der Waals surface area contributed by atoms with Crippen molar-refractivity contribution in [2.75, 3.05) is 0 Å². The Morgan fingerprint density at radius 2 is 1.18 bits per heavy atom. The van der Waals surface area contributed by atoms with Gasteiger partial charge in [0.05, 0.1) is 0 Å². The maximum atomic E-state index is 11.0. The fourth-order valence-corrected chi connectivity index (χ4v) is 3.12. The summed E-state index contributed by atoms with van der Waals surface area (Å²) >= 11 is 10.8. The highest BCUT2D eigenvalue weighted by Gasteiger charge is 2.15. The van der Waals surface area contributed by atoms with Crippen LogP contribution in [0.15, 0.2) is 0 Å². The van der Waals surface area contributed by atoms with Crippen molar-refractivity contribution in [2.24, 2.45) is 11.8 Å². The lowest BCUT2D eigenvalue weighted by Gasteiger charge is -2.18. The fraction of sp³-hybridized carbons (Fsp3) is 0.889. The van der Waals surface area contributed by atoms with E-state index in [1.807, 2.05) is 0 Å². The van der Waals surface area contributed by atoms with E-state index in [4.69, 9.17) is 23.2 Å². The summed E-state index contributed by atoms with van der Waals surface area (Å²) in [5.74, 6) is 0.970. The smallest absolute Gasteiger partial charge is 0.221 e. The van der Waals surface area contributed by atoms with Crippen molar-refractivity contribution in [3.8, 4) is 0 Å². The molecule has 0 aromatic carbocycles. The van der Waals surface area contributed by atoms with Crippen LogP contribution in [0.3, 0.4) is 0 Å². The van der Waals surface area contributed by atoms with E-state index in [2.05, 4.69) is 13.8 Å². The lowest BCUT2D eigenvalue weighted by Crippen LogP contribution is -2.11. The van der Waals surface area contributed by atoms with Crippen LogP contribution in [0, 0.1) is 11.8 Å². The molecule has 1 atom stereocenters. The van der Waals surface area contributed by atoms with Gasteiger partial charge in [0, 0.05) is 12.8 Å². The Labute approximate surface area is 146 Å². The second kappa shape index (κ2) is 14.5. The van der Waals surface area contributed by atoms with Crippen molar-refractivity contribution in [3.05, 3.63) is 0 Å². The predicted octanol–water partition coefficient (Wildman–Crippen LogP) is 6.47. The minimum Gasteiger partial charge on any atom is -0.281 e. The number of carbonyl (C=O) groups excluding carboxylic acids is 2. The Morgan fingerprint density at radius 1 is 0.727 bits per heavy atom. The highest BCUT2D eigenvalue weighted by molar-refractivity contribution is 6.63. The minimum atomic E-state index is -0.212. The average molecular weight is 351 g/mol. The molecule has 0 saturated heterocycles. The van der Waals surface area contributed by atoms with Gasteiger partial charge < -0.3 is 0 Å². The van der Waals surface area contributed by atoms with E-state index in [1.165, 1.54) is 44.9 Å². The van der Waals surface area contributed by atoms with Gasteiger partial charge in [-0.2, -0.15) is 0 Å². The van der Waals surface area contributed by atoms with Gasteiger partial charge in [0.1, 0.15) is 0 Å². The highest BCUT2D eigenvalue weighted by atomic mass is 35.5. The number of hydrogen-bond acceptors (Lipinski definition) is 2. The molecule has 130 valence electrons. The largest absolute Gasteiger partial charge is 0.281 e. The Bertz CT molecular complexity index is 303. The van der Waals surface area contributed by atoms with Crippen molar-refractivity contribution in [1.29, 1.82) is 0 Å². The lowest BCUT2D eigenvalue weighted by atomic mass is 9.88. The molecule has 0 heterocycles. The average Bonchev–Trinajstić information content (AvgIpc) is 2.42.